The van der Waals surface area contributed by atoms with Gasteiger partial charge in [0.05, 0.1) is 10.7 Å². The van der Waals surface area contributed by atoms with E-state index in [1.807, 2.05) is 22.6 Å². The van der Waals surface area contributed by atoms with Crippen LogP contribution in [-0.4, -0.2) is 12.2 Å². The lowest BCUT2D eigenvalue weighted by atomic mass is 10.3. The van der Waals surface area contributed by atoms with Crippen LogP contribution in [-0.2, 0) is 0 Å². The minimum Gasteiger partial charge on any atom is -0.508 e. The Balaban J connectivity index is 3.24. The Hall–Kier alpha value is -0.520. The maximum absolute atomic E-state index is 12.8. The lowest BCUT2D eigenvalue weighted by molar-refractivity contribution is 0.398. The summed E-state index contributed by atoms with van der Waals surface area (Å²) in [6.07, 6.45) is 0. The number of methoxy groups -OCH3 is 1. The summed E-state index contributed by atoms with van der Waals surface area (Å²) in [6, 6.07) is 2.41. The van der Waals surface area contributed by atoms with Crippen molar-refractivity contribution in [3.63, 3.8) is 0 Å². The van der Waals surface area contributed by atoms with Crippen molar-refractivity contribution in [3.05, 3.63) is 21.5 Å². The fraction of sp³-hybridized carbons (Fsp3) is 0.143. The van der Waals surface area contributed by atoms with Gasteiger partial charge in [0.15, 0.2) is 0 Å². The third-order valence-corrected chi connectivity index (χ3v) is 2.25. The molecule has 0 bridgehead atoms. The van der Waals surface area contributed by atoms with E-state index < -0.39 is 5.82 Å². The van der Waals surface area contributed by atoms with Crippen LogP contribution in [0.2, 0.25) is 0 Å². The normalized spacial score (nSPS) is 9.73. The molecular formula is C7H6FIO2. The monoisotopic (exact) mass is 268 g/mol. The summed E-state index contributed by atoms with van der Waals surface area (Å²) in [6.45, 7) is 0. The maximum Gasteiger partial charge on any atom is 0.143 e. The van der Waals surface area contributed by atoms with Gasteiger partial charge in [-0.2, -0.15) is 0 Å². The highest BCUT2D eigenvalue weighted by atomic mass is 127. The summed E-state index contributed by atoms with van der Waals surface area (Å²) < 4.78 is 18.0. The largest absolute Gasteiger partial charge is 0.508 e. The molecule has 0 atom stereocenters. The van der Waals surface area contributed by atoms with E-state index in [0.29, 0.717) is 9.32 Å². The van der Waals surface area contributed by atoms with Crippen molar-refractivity contribution in [1.29, 1.82) is 0 Å². The van der Waals surface area contributed by atoms with Crippen LogP contribution >= 0.6 is 22.6 Å². The summed E-state index contributed by atoms with van der Waals surface area (Å²) in [4.78, 5) is 0. The Labute approximate surface area is 77.1 Å². The highest BCUT2D eigenvalue weighted by Gasteiger charge is 2.07. The first-order valence-corrected chi connectivity index (χ1v) is 3.95. The first-order chi connectivity index (χ1) is 5.15. The predicted molar refractivity (Wildman–Crippen MR) is 47.3 cm³/mol. The molecule has 11 heavy (non-hydrogen) atoms. The number of hydrogen-bond acceptors (Lipinski definition) is 2. The van der Waals surface area contributed by atoms with Gasteiger partial charge in [0.25, 0.3) is 0 Å². The fourth-order valence-corrected chi connectivity index (χ4v) is 1.23. The highest BCUT2D eigenvalue weighted by Crippen LogP contribution is 2.27. The van der Waals surface area contributed by atoms with Gasteiger partial charge in [-0.1, -0.05) is 0 Å². The number of halogens is 2. The van der Waals surface area contributed by atoms with Crippen LogP contribution in [0, 0.1) is 9.39 Å². The van der Waals surface area contributed by atoms with Gasteiger partial charge in [-0.15, -0.1) is 0 Å². The summed E-state index contributed by atoms with van der Waals surface area (Å²) in [5, 5.41) is 8.93. The first kappa shape index (κ1) is 8.58. The van der Waals surface area contributed by atoms with E-state index >= 15 is 0 Å². The Kier molecular flexibility index (Phi) is 2.53. The average molecular weight is 268 g/mol. The minimum atomic E-state index is -0.470. The van der Waals surface area contributed by atoms with E-state index in [1.165, 1.54) is 13.2 Å². The zero-order chi connectivity index (χ0) is 8.43. The molecular weight excluding hydrogens is 262 g/mol. The van der Waals surface area contributed by atoms with E-state index in [1.54, 1.807) is 0 Å². The van der Waals surface area contributed by atoms with E-state index in [9.17, 15) is 4.39 Å². The van der Waals surface area contributed by atoms with Crippen molar-refractivity contribution in [1.82, 2.24) is 0 Å². The molecule has 0 amide bonds. The molecule has 0 radical (unpaired) electrons. The van der Waals surface area contributed by atoms with Gasteiger partial charge < -0.3 is 9.84 Å². The van der Waals surface area contributed by atoms with Crippen molar-refractivity contribution < 1.29 is 14.2 Å². The standard InChI is InChI=1S/C7H6FIO2/c1-11-6-3-4(10)2-5(8)7(6)9/h2-3,10H,1H3. The molecule has 0 spiro atoms. The SMILES string of the molecule is COc1cc(O)cc(F)c1I. The van der Waals surface area contributed by atoms with Gasteiger partial charge in [-0.05, 0) is 22.6 Å². The van der Waals surface area contributed by atoms with Gasteiger partial charge in [-0.25, -0.2) is 4.39 Å². The number of ether oxygens (including phenoxy) is 1. The average Bonchev–Trinajstić information content (AvgIpc) is 1.96. The predicted octanol–water partition coefficient (Wildman–Crippen LogP) is 2.14. The molecule has 0 aliphatic heterocycles. The zero-order valence-electron chi connectivity index (χ0n) is 5.77. The molecule has 0 saturated heterocycles. The molecule has 2 nitrogen and oxygen atoms in total. The van der Waals surface area contributed by atoms with Crippen LogP contribution in [0.3, 0.4) is 0 Å². The van der Waals surface area contributed by atoms with Crippen LogP contribution < -0.4 is 4.74 Å². The smallest absolute Gasteiger partial charge is 0.143 e. The second kappa shape index (κ2) is 3.25. The van der Waals surface area contributed by atoms with Gasteiger partial charge in [0.1, 0.15) is 17.3 Å². The number of benzene rings is 1. The Morgan fingerprint density at radius 1 is 1.55 bits per heavy atom. The van der Waals surface area contributed by atoms with Crippen molar-refractivity contribution in [2.45, 2.75) is 0 Å². The van der Waals surface area contributed by atoms with E-state index in [4.69, 9.17) is 9.84 Å². The second-order valence-corrected chi connectivity index (χ2v) is 3.02. The number of hydrogen-bond donors (Lipinski definition) is 1. The van der Waals surface area contributed by atoms with E-state index in [0.717, 1.165) is 6.07 Å². The van der Waals surface area contributed by atoms with Crippen molar-refractivity contribution in [3.8, 4) is 11.5 Å². The first-order valence-electron chi connectivity index (χ1n) is 2.87. The molecule has 60 valence electrons. The van der Waals surface area contributed by atoms with Crippen molar-refractivity contribution >= 4 is 22.6 Å². The van der Waals surface area contributed by atoms with Crippen LogP contribution in [0.1, 0.15) is 0 Å². The Morgan fingerprint density at radius 3 is 2.73 bits per heavy atom. The number of phenolic OH excluding ortho intramolecular Hbond substituents is 1. The van der Waals surface area contributed by atoms with Crippen molar-refractivity contribution in [2.75, 3.05) is 7.11 Å². The molecule has 0 aliphatic carbocycles. The summed E-state index contributed by atoms with van der Waals surface area (Å²) in [7, 11) is 1.43. The Morgan fingerprint density at radius 2 is 2.18 bits per heavy atom. The molecule has 1 N–H and O–H groups in total. The third-order valence-electron chi connectivity index (χ3n) is 1.20. The molecule has 0 aliphatic rings. The third kappa shape index (κ3) is 1.74. The van der Waals surface area contributed by atoms with Crippen LogP contribution in [0.25, 0.3) is 0 Å². The van der Waals surface area contributed by atoms with Crippen LogP contribution in [0.15, 0.2) is 12.1 Å². The maximum atomic E-state index is 12.8. The molecule has 0 heterocycles. The summed E-state index contributed by atoms with van der Waals surface area (Å²) >= 11 is 1.81. The number of phenols is 1. The van der Waals surface area contributed by atoms with Crippen LogP contribution in [0.4, 0.5) is 4.39 Å². The zero-order valence-corrected chi connectivity index (χ0v) is 7.92. The van der Waals surface area contributed by atoms with Gasteiger partial charge in [-0.3, -0.25) is 0 Å². The minimum absolute atomic E-state index is 0.125. The molecule has 1 aromatic rings. The molecule has 1 aromatic carbocycles. The van der Waals surface area contributed by atoms with Gasteiger partial charge in [0.2, 0.25) is 0 Å². The number of rotatable bonds is 1. The lowest BCUT2D eigenvalue weighted by Gasteiger charge is -2.03. The Bertz CT molecular complexity index is 275. The molecule has 0 fully saturated rings. The molecule has 0 aromatic heterocycles. The molecule has 0 unspecified atom stereocenters. The van der Waals surface area contributed by atoms with Crippen LogP contribution in [0.5, 0.6) is 11.5 Å². The molecule has 1 rings (SSSR count). The van der Waals surface area contributed by atoms with E-state index in [2.05, 4.69) is 0 Å². The van der Waals surface area contributed by atoms with Gasteiger partial charge in [0, 0.05) is 12.1 Å². The summed E-state index contributed by atoms with van der Waals surface area (Å²) in [5.74, 6) is -0.245. The van der Waals surface area contributed by atoms with E-state index in [-0.39, 0.29) is 5.75 Å². The molecule has 4 heteroatoms. The topological polar surface area (TPSA) is 29.5 Å². The summed E-state index contributed by atoms with van der Waals surface area (Å²) in [5.41, 5.74) is 0. The number of aromatic hydroxyl groups is 1. The van der Waals surface area contributed by atoms with Gasteiger partial charge >= 0.3 is 0 Å². The quantitative estimate of drug-likeness (QED) is 0.791. The fourth-order valence-electron chi connectivity index (χ4n) is 0.699. The second-order valence-electron chi connectivity index (χ2n) is 1.94. The molecule has 0 saturated carbocycles. The highest BCUT2D eigenvalue weighted by molar-refractivity contribution is 14.1. The lowest BCUT2D eigenvalue weighted by Crippen LogP contribution is -1.89. The van der Waals surface area contributed by atoms with Crippen molar-refractivity contribution in [2.24, 2.45) is 0 Å².